The second-order valence-electron chi connectivity index (χ2n) is 4.78. The summed E-state index contributed by atoms with van der Waals surface area (Å²) in [4.78, 5) is 0. The van der Waals surface area contributed by atoms with Crippen LogP contribution in [0.25, 0.3) is 0 Å². The summed E-state index contributed by atoms with van der Waals surface area (Å²) in [7, 11) is 0. The maximum atomic E-state index is 6.00. The van der Waals surface area contributed by atoms with Gasteiger partial charge in [0, 0.05) is 5.56 Å². The lowest BCUT2D eigenvalue weighted by molar-refractivity contribution is 0.209. The van der Waals surface area contributed by atoms with Gasteiger partial charge in [0.2, 0.25) is 0 Å². The Kier molecular flexibility index (Phi) is 3.20. The van der Waals surface area contributed by atoms with Gasteiger partial charge in [-0.05, 0) is 24.9 Å². The Morgan fingerprint density at radius 1 is 1.38 bits per heavy atom. The lowest BCUT2D eigenvalue weighted by Gasteiger charge is -2.14. The summed E-state index contributed by atoms with van der Waals surface area (Å²) in [5, 5.41) is 3.49. The number of nitrogens with one attached hydrogen (secondary N) is 1. The van der Waals surface area contributed by atoms with Crippen molar-refractivity contribution < 1.29 is 4.74 Å². The van der Waals surface area contributed by atoms with Gasteiger partial charge in [0.15, 0.2) is 0 Å². The highest BCUT2D eigenvalue weighted by molar-refractivity contribution is 5.48. The van der Waals surface area contributed by atoms with E-state index in [0.717, 1.165) is 12.3 Å². The van der Waals surface area contributed by atoms with Gasteiger partial charge in [0.1, 0.15) is 11.9 Å². The van der Waals surface area contributed by atoms with Gasteiger partial charge in [-0.1, -0.05) is 39.0 Å². The maximum absolute atomic E-state index is 6.00. The number of ether oxygens (including phenoxy) is 1. The molecule has 2 rings (SSSR count). The minimum atomic E-state index is 0.231. The van der Waals surface area contributed by atoms with E-state index in [1.807, 2.05) is 0 Å². The van der Waals surface area contributed by atoms with Crippen LogP contribution in [0.4, 0.5) is 0 Å². The van der Waals surface area contributed by atoms with E-state index in [2.05, 4.69) is 51.2 Å². The molecule has 1 N–H and O–H groups in total. The predicted molar refractivity (Wildman–Crippen MR) is 67.0 cm³/mol. The zero-order chi connectivity index (χ0) is 11.7. The molecule has 2 nitrogen and oxygen atoms in total. The van der Waals surface area contributed by atoms with E-state index in [9.17, 15) is 0 Å². The molecule has 0 saturated heterocycles. The molecule has 0 radical (unpaired) electrons. The molecule has 0 aromatic heterocycles. The summed E-state index contributed by atoms with van der Waals surface area (Å²) in [6.45, 7) is 9.67. The van der Waals surface area contributed by atoms with Crippen LogP contribution in [0.5, 0.6) is 5.75 Å². The van der Waals surface area contributed by atoms with Crippen LogP contribution >= 0.6 is 0 Å². The number of benzene rings is 1. The molecule has 0 bridgehead atoms. The third-order valence-corrected chi connectivity index (χ3v) is 3.23. The molecule has 1 aliphatic rings. The minimum absolute atomic E-state index is 0.231. The first kappa shape index (κ1) is 11.5. The van der Waals surface area contributed by atoms with Crippen LogP contribution in [0.15, 0.2) is 18.2 Å². The van der Waals surface area contributed by atoms with Crippen molar-refractivity contribution in [1.82, 2.24) is 5.32 Å². The molecule has 1 heterocycles. The first-order valence-corrected chi connectivity index (χ1v) is 6.18. The fourth-order valence-corrected chi connectivity index (χ4v) is 2.41. The monoisotopic (exact) mass is 219 g/mol. The van der Waals surface area contributed by atoms with Crippen molar-refractivity contribution >= 4 is 0 Å². The third kappa shape index (κ3) is 1.82. The van der Waals surface area contributed by atoms with E-state index >= 15 is 0 Å². The quantitative estimate of drug-likeness (QED) is 0.842. The van der Waals surface area contributed by atoms with Gasteiger partial charge >= 0.3 is 0 Å². The molecule has 2 atom stereocenters. The average Bonchev–Trinajstić information content (AvgIpc) is 2.56. The second-order valence-corrected chi connectivity index (χ2v) is 4.78. The summed E-state index contributed by atoms with van der Waals surface area (Å²) in [6.07, 6.45) is 0.231. The lowest BCUT2D eigenvalue weighted by atomic mass is 9.96. The zero-order valence-corrected chi connectivity index (χ0v) is 10.6. The molecule has 1 aliphatic heterocycles. The van der Waals surface area contributed by atoms with Crippen molar-refractivity contribution in [2.75, 3.05) is 6.54 Å². The number of para-hydroxylation sites is 1. The molecule has 2 unspecified atom stereocenters. The van der Waals surface area contributed by atoms with Crippen molar-refractivity contribution in [3.8, 4) is 5.75 Å². The molecule has 0 fully saturated rings. The molecule has 88 valence electrons. The van der Waals surface area contributed by atoms with E-state index in [-0.39, 0.29) is 6.10 Å². The first-order valence-electron chi connectivity index (χ1n) is 6.18. The molecule has 1 aromatic carbocycles. The third-order valence-electron chi connectivity index (χ3n) is 3.23. The van der Waals surface area contributed by atoms with Gasteiger partial charge in [-0.25, -0.2) is 0 Å². The van der Waals surface area contributed by atoms with Crippen LogP contribution in [-0.4, -0.2) is 12.6 Å². The smallest absolute Gasteiger partial charge is 0.128 e. The average molecular weight is 219 g/mol. The second kappa shape index (κ2) is 4.46. The van der Waals surface area contributed by atoms with E-state index < -0.39 is 0 Å². The summed E-state index contributed by atoms with van der Waals surface area (Å²) < 4.78 is 6.00. The number of hydrogen-bond acceptors (Lipinski definition) is 2. The van der Waals surface area contributed by atoms with Crippen LogP contribution in [0.1, 0.15) is 50.8 Å². The Hall–Kier alpha value is -1.02. The molecule has 1 aromatic rings. The van der Waals surface area contributed by atoms with Crippen LogP contribution in [0.3, 0.4) is 0 Å². The number of hydrogen-bond donors (Lipinski definition) is 1. The Balaban J connectivity index is 2.40. The molecular weight excluding hydrogens is 198 g/mol. The molecule has 2 heteroatoms. The Labute approximate surface area is 98.0 Å². The van der Waals surface area contributed by atoms with E-state index in [0.29, 0.717) is 12.0 Å². The molecule has 0 saturated carbocycles. The van der Waals surface area contributed by atoms with Crippen molar-refractivity contribution in [2.45, 2.75) is 45.8 Å². The van der Waals surface area contributed by atoms with Crippen LogP contribution in [0.2, 0.25) is 0 Å². The van der Waals surface area contributed by atoms with Gasteiger partial charge in [-0.2, -0.15) is 0 Å². The molecule has 16 heavy (non-hydrogen) atoms. The SMILES string of the molecule is CCNC1c2cccc(C(C)C)c2OC1C. The number of rotatable bonds is 3. The summed E-state index contributed by atoms with van der Waals surface area (Å²) in [6, 6.07) is 6.83. The van der Waals surface area contributed by atoms with Crippen LogP contribution < -0.4 is 10.1 Å². The fraction of sp³-hybridized carbons (Fsp3) is 0.571. The summed E-state index contributed by atoms with van der Waals surface area (Å²) in [5.74, 6) is 1.62. The highest BCUT2D eigenvalue weighted by Gasteiger charge is 2.32. The minimum Gasteiger partial charge on any atom is -0.488 e. The van der Waals surface area contributed by atoms with E-state index in [1.165, 1.54) is 11.1 Å². The summed E-state index contributed by atoms with van der Waals surface area (Å²) in [5.41, 5.74) is 2.64. The molecule has 0 amide bonds. The Morgan fingerprint density at radius 2 is 2.12 bits per heavy atom. The van der Waals surface area contributed by atoms with Crippen LogP contribution in [0, 0.1) is 0 Å². The fourth-order valence-electron chi connectivity index (χ4n) is 2.41. The van der Waals surface area contributed by atoms with Crippen molar-refractivity contribution in [3.05, 3.63) is 29.3 Å². The zero-order valence-electron chi connectivity index (χ0n) is 10.6. The van der Waals surface area contributed by atoms with Gasteiger partial charge in [-0.15, -0.1) is 0 Å². The van der Waals surface area contributed by atoms with Gasteiger partial charge in [-0.3, -0.25) is 0 Å². The predicted octanol–water partition coefficient (Wildman–Crippen LogP) is 3.24. The van der Waals surface area contributed by atoms with E-state index in [1.54, 1.807) is 0 Å². The number of likely N-dealkylation sites (N-methyl/N-ethyl adjacent to an activating group) is 1. The van der Waals surface area contributed by atoms with Gasteiger partial charge in [0.25, 0.3) is 0 Å². The normalized spacial score (nSPS) is 23.3. The first-order chi connectivity index (χ1) is 7.65. The van der Waals surface area contributed by atoms with E-state index in [4.69, 9.17) is 4.74 Å². The molecular formula is C14H21NO. The standard InChI is InChI=1S/C14H21NO/c1-5-15-13-10(4)16-14-11(9(2)3)7-6-8-12(13)14/h6-10,13,15H,5H2,1-4H3. The molecule has 0 spiro atoms. The van der Waals surface area contributed by atoms with Gasteiger partial charge < -0.3 is 10.1 Å². The maximum Gasteiger partial charge on any atom is 0.128 e. The molecule has 0 aliphatic carbocycles. The van der Waals surface area contributed by atoms with Crippen molar-refractivity contribution in [1.29, 1.82) is 0 Å². The highest BCUT2D eigenvalue weighted by Crippen LogP contribution is 2.41. The number of fused-ring (bicyclic) bond motifs is 1. The Morgan fingerprint density at radius 3 is 2.75 bits per heavy atom. The Bertz CT molecular complexity index is 373. The van der Waals surface area contributed by atoms with Crippen molar-refractivity contribution in [2.24, 2.45) is 0 Å². The highest BCUT2D eigenvalue weighted by atomic mass is 16.5. The largest absolute Gasteiger partial charge is 0.488 e. The topological polar surface area (TPSA) is 21.3 Å². The van der Waals surface area contributed by atoms with Crippen LogP contribution in [-0.2, 0) is 0 Å². The van der Waals surface area contributed by atoms with Gasteiger partial charge in [0.05, 0.1) is 6.04 Å². The lowest BCUT2D eigenvalue weighted by Crippen LogP contribution is -2.28. The van der Waals surface area contributed by atoms with Crippen molar-refractivity contribution in [3.63, 3.8) is 0 Å². The summed E-state index contributed by atoms with van der Waals surface area (Å²) >= 11 is 0.